The van der Waals surface area contributed by atoms with Gasteiger partial charge in [-0.1, -0.05) is 39.7 Å². The van der Waals surface area contributed by atoms with Gasteiger partial charge in [-0.05, 0) is 42.3 Å². The van der Waals surface area contributed by atoms with Crippen LogP contribution in [0.15, 0.2) is 40.9 Å². The fourth-order valence-electron chi connectivity index (χ4n) is 2.17. The van der Waals surface area contributed by atoms with Crippen LogP contribution in [0.5, 0.6) is 5.75 Å². The number of aryl methyl sites for hydroxylation is 1. The van der Waals surface area contributed by atoms with Crippen molar-refractivity contribution in [3.8, 4) is 5.75 Å². The number of hydrogen-bond donors (Lipinski definition) is 1. The third-order valence-electron chi connectivity index (χ3n) is 3.48. The number of nitrogens with zero attached hydrogens (tertiary/aromatic N) is 1. The molecule has 24 heavy (non-hydrogen) atoms. The molecule has 1 amide bonds. The maximum Gasteiger partial charge on any atom is 0.258 e. The summed E-state index contributed by atoms with van der Waals surface area (Å²) in [6.45, 7) is 2.27. The summed E-state index contributed by atoms with van der Waals surface area (Å²) < 4.78 is 6.43. The number of ether oxygens (including phenoxy) is 1. The molecule has 0 aliphatic rings. The van der Waals surface area contributed by atoms with E-state index in [1.807, 2.05) is 56.3 Å². The van der Waals surface area contributed by atoms with E-state index in [1.165, 1.54) is 0 Å². The molecular weight excluding hydrogens is 392 g/mol. The minimum atomic E-state index is -0.190. The molecule has 0 aliphatic heterocycles. The number of nitrogens with one attached hydrogen (secondary N) is 1. The van der Waals surface area contributed by atoms with Crippen molar-refractivity contribution in [1.82, 2.24) is 5.32 Å². The molecule has 0 unspecified atom stereocenters. The van der Waals surface area contributed by atoms with Crippen LogP contribution in [0, 0.1) is 6.92 Å². The van der Waals surface area contributed by atoms with Crippen molar-refractivity contribution in [2.75, 3.05) is 25.6 Å². The summed E-state index contributed by atoms with van der Waals surface area (Å²) in [6, 6.07) is 11.7. The van der Waals surface area contributed by atoms with Crippen molar-refractivity contribution < 1.29 is 9.53 Å². The van der Waals surface area contributed by atoms with Gasteiger partial charge in [0.05, 0.1) is 5.02 Å². The molecular formula is C18H20BrClN2O2. The van der Waals surface area contributed by atoms with E-state index in [-0.39, 0.29) is 12.5 Å². The predicted octanol–water partition coefficient (Wildman–Crippen LogP) is 4.17. The molecule has 2 aromatic rings. The highest BCUT2D eigenvalue weighted by Gasteiger charge is 2.10. The van der Waals surface area contributed by atoms with Crippen LogP contribution in [0.1, 0.15) is 11.1 Å². The van der Waals surface area contributed by atoms with Gasteiger partial charge >= 0.3 is 0 Å². The van der Waals surface area contributed by atoms with Gasteiger partial charge in [0.15, 0.2) is 6.61 Å². The molecule has 0 heterocycles. The molecule has 4 nitrogen and oxygen atoms in total. The van der Waals surface area contributed by atoms with E-state index in [0.717, 1.165) is 21.3 Å². The first-order chi connectivity index (χ1) is 11.4. The Hall–Kier alpha value is -1.72. The molecule has 0 saturated heterocycles. The van der Waals surface area contributed by atoms with E-state index in [4.69, 9.17) is 16.3 Å². The first-order valence-corrected chi connectivity index (χ1v) is 8.65. The van der Waals surface area contributed by atoms with Gasteiger partial charge in [0.1, 0.15) is 5.75 Å². The molecule has 0 fully saturated rings. The Balaban J connectivity index is 1.86. The molecule has 0 aliphatic carbocycles. The topological polar surface area (TPSA) is 41.6 Å². The highest BCUT2D eigenvalue weighted by Crippen LogP contribution is 2.31. The van der Waals surface area contributed by atoms with E-state index < -0.39 is 0 Å². The summed E-state index contributed by atoms with van der Waals surface area (Å²) in [5.41, 5.74) is 3.03. The zero-order chi connectivity index (χ0) is 17.7. The van der Waals surface area contributed by atoms with Gasteiger partial charge in [-0.15, -0.1) is 0 Å². The third kappa shape index (κ3) is 5.14. The second-order valence-electron chi connectivity index (χ2n) is 5.66. The normalized spacial score (nSPS) is 10.4. The minimum absolute atomic E-state index is 0.0715. The van der Waals surface area contributed by atoms with Crippen LogP contribution >= 0.6 is 27.5 Å². The van der Waals surface area contributed by atoms with Crippen LogP contribution in [0.25, 0.3) is 0 Å². The summed E-state index contributed by atoms with van der Waals surface area (Å²) >= 11 is 9.51. The Kier molecular flexibility index (Phi) is 6.52. The van der Waals surface area contributed by atoms with Gasteiger partial charge in [0.2, 0.25) is 0 Å². The monoisotopic (exact) mass is 410 g/mol. The number of anilines is 1. The number of halogens is 2. The highest BCUT2D eigenvalue weighted by atomic mass is 79.9. The number of carbonyl (C=O) groups excluding carboxylic acids is 1. The van der Waals surface area contributed by atoms with E-state index in [0.29, 0.717) is 17.3 Å². The van der Waals surface area contributed by atoms with Crippen LogP contribution in [-0.4, -0.2) is 26.6 Å². The highest BCUT2D eigenvalue weighted by molar-refractivity contribution is 9.10. The number of benzene rings is 2. The molecule has 128 valence electrons. The van der Waals surface area contributed by atoms with E-state index in [9.17, 15) is 4.79 Å². The Labute approximate surface area is 155 Å². The van der Waals surface area contributed by atoms with Gasteiger partial charge in [0.25, 0.3) is 5.91 Å². The van der Waals surface area contributed by atoms with Gasteiger partial charge < -0.3 is 15.0 Å². The molecule has 0 bridgehead atoms. The lowest BCUT2D eigenvalue weighted by Crippen LogP contribution is -2.28. The largest absolute Gasteiger partial charge is 0.482 e. The average molecular weight is 412 g/mol. The molecule has 0 aromatic heterocycles. The zero-order valence-corrected chi connectivity index (χ0v) is 16.2. The van der Waals surface area contributed by atoms with Crippen molar-refractivity contribution >= 4 is 39.1 Å². The van der Waals surface area contributed by atoms with Crippen molar-refractivity contribution in [1.29, 1.82) is 0 Å². The molecule has 0 radical (unpaired) electrons. The van der Waals surface area contributed by atoms with Gasteiger partial charge in [-0.3, -0.25) is 4.79 Å². The number of rotatable bonds is 6. The van der Waals surface area contributed by atoms with Crippen molar-refractivity contribution in [2.24, 2.45) is 0 Å². The van der Waals surface area contributed by atoms with Gasteiger partial charge in [-0.2, -0.15) is 0 Å². The van der Waals surface area contributed by atoms with Crippen LogP contribution in [-0.2, 0) is 11.3 Å². The second kappa shape index (κ2) is 8.40. The summed E-state index contributed by atoms with van der Waals surface area (Å²) in [7, 11) is 3.98. The van der Waals surface area contributed by atoms with Crippen LogP contribution < -0.4 is 15.0 Å². The fourth-order valence-corrected chi connectivity index (χ4v) is 3.20. The molecule has 6 heteroatoms. The molecule has 0 spiro atoms. The standard InChI is InChI=1S/C18H20BrClN2O2/c1-12-8-14(19)9-16(20)18(12)24-11-17(23)21-10-13-4-6-15(7-5-13)22(2)3/h4-9H,10-11H2,1-3H3,(H,21,23). The van der Waals surface area contributed by atoms with E-state index in [1.54, 1.807) is 6.07 Å². The first-order valence-electron chi connectivity index (χ1n) is 7.48. The first kappa shape index (κ1) is 18.6. The Morgan fingerprint density at radius 2 is 1.92 bits per heavy atom. The molecule has 1 N–H and O–H groups in total. The summed E-state index contributed by atoms with van der Waals surface area (Å²) in [6.07, 6.45) is 0. The quantitative estimate of drug-likeness (QED) is 0.775. The zero-order valence-electron chi connectivity index (χ0n) is 13.9. The SMILES string of the molecule is Cc1cc(Br)cc(Cl)c1OCC(=O)NCc1ccc(N(C)C)cc1. The van der Waals surface area contributed by atoms with Crippen LogP contribution in [0.3, 0.4) is 0 Å². The number of hydrogen-bond acceptors (Lipinski definition) is 3. The average Bonchev–Trinajstić information content (AvgIpc) is 2.52. The van der Waals surface area contributed by atoms with Crippen LogP contribution in [0.4, 0.5) is 5.69 Å². The maximum absolute atomic E-state index is 12.0. The maximum atomic E-state index is 12.0. The lowest BCUT2D eigenvalue weighted by atomic mass is 10.2. The minimum Gasteiger partial charge on any atom is -0.482 e. The fraction of sp³-hybridized carbons (Fsp3) is 0.278. The summed E-state index contributed by atoms with van der Waals surface area (Å²) in [5, 5.41) is 3.32. The molecule has 2 aromatic carbocycles. The van der Waals surface area contributed by atoms with Crippen molar-refractivity contribution in [3.63, 3.8) is 0 Å². The number of amides is 1. The number of carbonyl (C=O) groups is 1. The van der Waals surface area contributed by atoms with E-state index in [2.05, 4.69) is 21.2 Å². The predicted molar refractivity (Wildman–Crippen MR) is 102 cm³/mol. The smallest absolute Gasteiger partial charge is 0.258 e. The van der Waals surface area contributed by atoms with Crippen molar-refractivity contribution in [2.45, 2.75) is 13.5 Å². The summed E-state index contributed by atoms with van der Waals surface area (Å²) in [5.74, 6) is 0.343. The lowest BCUT2D eigenvalue weighted by Gasteiger charge is -2.13. The molecule has 0 atom stereocenters. The second-order valence-corrected chi connectivity index (χ2v) is 6.98. The lowest BCUT2D eigenvalue weighted by molar-refractivity contribution is -0.123. The Bertz CT molecular complexity index is 694. The van der Waals surface area contributed by atoms with Gasteiger partial charge in [0, 0.05) is 30.8 Å². The Morgan fingerprint density at radius 3 is 2.50 bits per heavy atom. The van der Waals surface area contributed by atoms with Crippen LogP contribution in [0.2, 0.25) is 5.02 Å². The third-order valence-corrected chi connectivity index (χ3v) is 4.22. The van der Waals surface area contributed by atoms with E-state index >= 15 is 0 Å². The van der Waals surface area contributed by atoms with Gasteiger partial charge in [-0.25, -0.2) is 0 Å². The van der Waals surface area contributed by atoms with Crippen molar-refractivity contribution in [3.05, 3.63) is 57.0 Å². The molecule has 0 saturated carbocycles. The molecule has 2 rings (SSSR count). The summed E-state index contributed by atoms with van der Waals surface area (Å²) in [4.78, 5) is 14.0. The Morgan fingerprint density at radius 1 is 1.25 bits per heavy atom.